The fourth-order valence-corrected chi connectivity index (χ4v) is 4.54. The van der Waals surface area contributed by atoms with E-state index in [1.165, 1.54) is 35.1 Å². The van der Waals surface area contributed by atoms with Crippen LogP contribution in [0, 0.1) is 11.8 Å². The molecule has 0 saturated heterocycles. The summed E-state index contributed by atoms with van der Waals surface area (Å²) in [5.74, 6) is 3.24. The first-order valence-corrected chi connectivity index (χ1v) is 12.2. The second kappa shape index (κ2) is 10.8. The van der Waals surface area contributed by atoms with Gasteiger partial charge in [-0.1, -0.05) is 86.1 Å². The van der Waals surface area contributed by atoms with Crippen LogP contribution in [0.15, 0.2) is 36.4 Å². The van der Waals surface area contributed by atoms with Gasteiger partial charge in [-0.15, -0.1) is 0 Å². The Morgan fingerprint density at radius 3 is 1.53 bits per heavy atom. The standard InChI is InChI=1S/C30H46O2/c1-11-22(18-24-20-26(30(6,7)8)13-15-28(24)32-10)16-21(2)17-23-19-25(29(3,4)5)12-14-27(23)31-9/h12-15,19-22H,11,16-18H2,1-10H3/t21-,22?/m1/s1. The summed E-state index contributed by atoms with van der Waals surface area (Å²) in [6, 6.07) is 13.4. The maximum Gasteiger partial charge on any atom is 0.122 e. The summed E-state index contributed by atoms with van der Waals surface area (Å²) in [5, 5.41) is 0. The number of benzene rings is 2. The largest absolute Gasteiger partial charge is 0.496 e. The maximum absolute atomic E-state index is 5.72. The van der Waals surface area contributed by atoms with Crippen molar-refractivity contribution >= 4 is 0 Å². The highest BCUT2D eigenvalue weighted by Crippen LogP contribution is 2.34. The molecule has 2 atom stereocenters. The molecule has 32 heavy (non-hydrogen) atoms. The fourth-order valence-electron chi connectivity index (χ4n) is 4.54. The molecule has 2 nitrogen and oxygen atoms in total. The Hall–Kier alpha value is -1.96. The first-order chi connectivity index (χ1) is 14.9. The van der Waals surface area contributed by atoms with E-state index in [1.54, 1.807) is 14.2 Å². The smallest absolute Gasteiger partial charge is 0.122 e. The minimum absolute atomic E-state index is 0.144. The predicted molar refractivity (Wildman–Crippen MR) is 138 cm³/mol. The van der Waals surface area contributed by atoms with E-state index in [9.17, 15) is 0 Å². The van der Waals surface area contributed by atoms with Crippen molar-refractivity contribution in [2.45, 2.75) is 91.9 Å². The van der Waals surface area contributed by atoms with Crippen LogP contribution in [0.3, 0.4) is 0 Å². The zero-order chi connectivity index (χ0) is 24.1. The van der Waals surface area contributed by atoms with Crippen LogP contribution in [-0.4, -0.2) is 14.2 Å². The molecule has 2 heteroatoms. The van der Waals surface area contributed by atoms with E-state index in [2.05, 4.69) is 91.8 Å². The second-order valence-electron chi connectivity index (χ2n) is 11.6. The van der Waals surface area contributed by atoms with Gasteiger partial charge < -0.3 is 9.47 Å². The summed E-state index contributed by atoms with van der Waals surface area (Å²) < 4.78 is 11.4. The monoisotopic (exact) mass is 438 g/mol. The molecule has 0 aliphatic heterocycles. The van der Waals surface area contributed by atoms with E-state index in [-0.39, 0.29) is 10.8 Å². The minimum Gasteiger partial charge on any atom is -0.496 e. The van der Waals surface area contributed by atoms with Gasteiger partial charge in [0.15, 0.2) is 0 Å². The third-order valence-electron chi connectivity index (χ3n) is 6.68. The van der Waals surface area contributed by atoms with E-state index in [0.717, 1.165) is 24.3 Å². The van der Waals surface area contributed by atoms with Crippen molar-refractivity contribution in [1.82, 2.24) is 0 Å². The van der Waals surface area contributed by atoms with Crippen molar-refractivity contribution in [3.63, 3.8) is 0 Å². The van der Waals surface area contributed by atoms with Crippen LogP contribution in [0.4, 0.5) is 0 Å². The molecule has 0 N–H and O–H groups in total. The summed E-state index contributed by atoms with van der Waals surface area (Å²) in [5.41, 5.74) is 5.70. The summed E-state index contributed by atoms with van der Waals surface area (Å²) in [4.78, 5) is 0. The normalized spacial score (nSPS) is 14.2. The molecule has 178 valence electrons. The highest BCUT2D eigenvalue weighted by Gasteiger charge is 2.21. The molecule has 0 fully saturated rings. The molecule has 0 aliphatic rings. The number of methoxy groups -OCH3 is 2. The Morgan fingerprint density at radius 1 is 0.719 bits per heavy atom. The van der Waals surface area contributed by atoms with Crippen molar-refractivity contribution in [3.05, 3.63) is 58.7 Å². The van der Waals surface area contributed by atoms with Gasteiger partial charge in [0, 0.05) is 0 Å². The molecule has 0 radical (unpaired) electrons. The summed E-state index contributed by atoms with van der Waals surface area (Å²) >= 11 is 0. The summed E-state index contributed by atoms with van der Waals surface area (Å²) in [6.07, 6.45) is 4.48. The molecule has 1 unspecified atom stereocenters. The summed E-state index contributed by atoms with van der Waals surface area (Å²) in [7, 11) is 3.57. The lowest BCUT2D eigenvalue weighted by molar-refractivity contribution is 0.358. The molecule has 2 rings (SSSR count). The quantitative estimate of drug-likeness (QED) is 0.393. The Labute approximate surface area is 197 Å². The van der Waals surface area contributed by atoms with Gasteiger partial charge in [0.05, 0.1) is 14.2 Å². The Kier molecular flexibility index (Phi) is 8.85. The average Bonchev–Trinajstić information content (AvgIpc) is 2.71. The lowest BCUT2D eigenvalue weighted by atomic mass is 9.81. The third kappa shape index (κ3) is 7.02. The molecule has 0 aliphatic carbocycles. The van der Waals surface area contributed by atoms with Crippen LogP contribution in [0.1, 0.15) is 90.5 Å². The van der Waals surface area contributed by atoms with Crippen LogP contribution in [0.25, 0.3) is 0 Å². The number of ether oxygens (including phenoxy) is 2. The van der Waals surface area contributed by atoms with Gasteiger partial charge in [-0.05, 0) is 76.3 Å². The number of rotatable bonds is 9. The van der Waals surface area contributed by atoms with Crippen molar-refractivity contribution in [3.8, 4) is 11.5 Å². The van der Waals surface area contributed by atoms with Gasteiger partial charge in [-0.3, -0.25) is 0 Å². The van der Waals surface area contributed by atoms with Gasteiger partial charge in [0.25, 0.3) is 0 Å². The Bertz CT molecular complexity index is 867. The molecule has 2 aromatic rings. The predicted octanol–water partition coefficient (Wildman–Crippen LogP) is 8.14. The number of hydrogen-bond donors (Lipinski definition) is 0. The third-order valence-corrected chi connectivity index (χ3v) is 6.68. The molecule has 0 amide bonds. The van der Waals surface area contributed by atoms with Crippen molar-refractivity contribution in [2.75, 3.05) is 14.2 Å². The first kappa shape index (κ1) is 26.3. The van der Waals surface area contributed by atoms with E-state index < -0.39 is 0 Å². The van der Waals surface area contributed by atoms with Crippen molar-refractivity contribution in [2.24, 2.45) is 11.8 Å². The highest BCUT2D eigenvalue weighted by molar-refractivity contribution is 5.41. The van der Waals surface area contributed by atoms with Crippen LogP contribution < -0.4 is 9.47 Å². The molecule has 0 saturated carbocycles. The molecular formula is C30H46O2. The topological polar surface area (TPSA) is 18.5 Å². The molecule has 2 aromatic carbocycles. The Balaban J connectivity index is 2.18. The minimum atomic E-state index is 0.144. The number of hydrogen-bond acceptors (Lipinski definition) is 2. The molecule has 0 aromatic heterocycles. The van der Waals surface area contributed by atoms with Crippen LogP contribution in [-0.2, 0) is 23.7 Å². The van der Waals surface area contributed by atoms with Crippen LogP contribution in [0.5, 0.6) is 11.5 Å². The lowest BCUT2D eigenvalue weighted by Crippen LogP contribution is -2.15. The van der Waals surface area contributed by atoms with Gasteiger partial charge >= 0.3 is 0 Å². The lowest BCUT2D eigenvalue weighted by Gasteiger charge is -2.25. The van der Waals surface area contributed by atoms with E-state index in [1.807, 2.05) is 0 Å². The van der Waals surface area contributed by atoms with Crippen molar-refractivity contribution in [1.29, 1.82) is 0 Å². The maximum atomic E-state index is 5.72. The van der Waals surface area contributed by atoms with Gasteiger partial charge in [0.1, 0.15) is 11.5 Å². The fraction of sp³-hybridized carbons (Fsp3) is 0.600. The van der Waals surface area contributed by atoms with E-state index in [0.29, 0.717) is 11.8 Å². The summed E-state index contributed by atoms with van der Waals surface area (Å²) in [6.45, 7) is 18.3. The van der Waals surface area contributed by atoms with Crippen LogP contribution >= 0.6 is 0 Å². The molecule has 0 heterocycles. The molecular weight excluding hydrogens is 392 g/mol. The van der Waals surface area contributed by atoms with Gasteiger partial charge in [-0.25, -0.2) is 0 Å². The second-order valence-corrected chi connectivity index (χ2v) is 11.6. The molecule has 0 bridgehead atoms. The molecule has 0 spiro atoms. The van der Waals surface area contributed by atoms with Crippen LogP contribution in [0.2, 0.25) is 0 Å². The van der Waals surface area contributed by atoms with Crippen molar-refractivity contribution < 1.29 is 9.47 Å². The van der Waals surface area contributed by atoms with Gasteiger partial charge in [-0.2, -0.15) is 0 Å². The van der Waals surface area contributed by atoms with Gasteiger partial charge in [0.2, 0.25) is 0 Å². The van der Waals surface area contributed by atoms with E-state index >= 15 is 0 Å². The highest BCUT2D eigenvalue weighted by atomic mass is 16.5. The SMILES string of the molecule is CCC(Cc1cc(C(C)(C)C)ccc1OC)C[C@@H](C)Cc1cc(C(C)(C)C)ccc1OC. The van der Waals surface area contributed by atoms with E-state index in [4.69, 9.17) is 9.47 Å². The first-order valence-electron chi connectivity index (χ1n) is 12.2. The average molecular weight is 439 g/mol. The Morgan fingerprint density at radius 2 is 1.16 bits per heavy atom. The zero-order valence-electron chi connectivity index (χ0n) is 22.3. The zero-order valence-corrected chi connectivity index (χ0v) is 22.3.